The minimum Gasteiger partial charge on any atom is -0.379 e. The van der Waals surface area contributed by atoms with Gasteiger partial charge in [-0.25, -0.2) is 13.6 Å². The lowest BCUT2D eigenvalue weighted by molar-refractivity contribution is -0.137. The van der Waals surface area contributed by atoms with Gasteiger partial charge in [-0.3, -0.25) is 4.57 Å². The Hall–Kier alpha value is -2.41. The third-order valence-electron chi connectivity index (χ3n) is 6.89. The van der Waals surface area contributed by atoms with Crippen LogP contribution < -0.4 is 15.9 Å². The molecule has 0 saturated carbocycles. The van der Waals surface area contributed by atoms with Gasteiger partial charge in [-0.05, 0) is 32.0 Å². The molecule has 2 aromatic carbocycles. The van der Waals surface area contributed by atoms with Crippen LogP contribution in [0.5, 0.6) is 0 Å². The lowest BCUT2D eigenvalue weighted by Crippen LogP contribution is -2.55. The summed E-state index contributed by atoms with van der Waals surface area (Å²) in [4.78, 5) is 19.6. The minimum atomic E-state index is -4.72. The van der Waals surface area contributed by atoms with Crippen LogP contribution in [0.3, 0.4) is 0 Å². The van der Waals surface area contributed by atoms with E-state index >= 15 is 4.39 Å². The number of rotatable bonds is 3. The first kappa shape index (κ1) is 27.2. The molecule has 1 fully saturated rings. The van der Waals surface area contributed by atoms with Crippen LogP contribution in [0.15, 0.2) is 38.9 Å². The number of aromatic nitrogens is 2. The monoisotopic (exact) mass is 576 g/mol. The highest BCUT2D eigenvalue weighted by atomic mass is 35.5. The van der Waals surface area contributed by atoms with Gasteiger partial charge in [0.2, 0.25) is 0 Å². The SMILES string of the molecule is CO[C@H]1Cn2c(=O)nc(N3C[C@@H](C)N[C@@H](C)C3)c3cc(C(F)(F)F)cc(c32)[SH](c2cc(Cl)c(F)cc2F)C1. The molecule has 6 nitrogen and oxygen atoms in total. The van der Waals surface area contributed by atoms with Crippen LogP contribution in [-0.2, 0) is 17.5 Å². The van der Waals surface area contributed by atoms with E-state index in [9.17, 15) is 22.4 Å². The molecule has 3 aromatic rings. The molecule has 0 spiro atoms. The van der Waals surface area contributed by atoms with Crippen molar-refractivity contribution in [2.24, 2.45) is 0 Å². The third-order valence-corrected chi connectivity index (χ3v) is 9.80. The average Bonchev–Trinajstić information content (AvgIpc) is 3.00. The van der Waals surface area contributed by atoms with Gasteiger partial charge in [0.15, 0.2) is 0 Å². The molecule has 0 radical (unpaired) electrons. The quantitative estimate of drug-likeness (QED) is 0.262. The summed E-state index contributed by atoms with van der Waals surface area (Å²) in [7, 11) is -0.472. The molecule has 206 valence electrons. The lowest BCUT2D eigenvalue weighted by atomic mass is 10.1. The van der Waals surface area contributed by atoms with E-state index < -0.39 is 46.1 Å². The van der Waals surface area contributed by atoms with Gasteiger partial charge in [0.05, 0.1) is 28.8 Å². The minimum absolute atomic E-state index is 0.00410. The van der Waals surface area contributed by atoms with Crippen molar-refractivity contribution in [3.05, 3.63) is 57.0 Å². The number of nitrogens with one attached hydrogen (secondary N) is 1. The van der Waals surface area contributed by atoms with E-state index in [1.54, 1.807) is 0 Å². The number of ether oxygens (including phenoxy) is 1. The molecule has 0 aliphatic carbocycles. The van der Waals surface area contributed by atoms with Crippen LogP contribution >= 0.6 is 22.5 Å². The number of alkyl halides is 3. The summed E-state index contributed by atoms with van der Waals surface area (Å²) in [5, 5.41) is 3.16. The number of halogens is 6. The third kappa shape index (κ3) is 4.87. The number of benzene rings is 2. The van der Waals surface area contributed by atoms with Crippen LogP contribution in [0, 0.1) is 11.6 Å². The lowest BCUT2D eigenvalue weighted by Gasteiger charge is -2.37. The van der Waals surface area contributed by atoms with Gasteiger partial charge < -0.3 is 15.0 Å². The van der Waals surface area contributed by atoms with E-state index in [0.29, 0.717) is 19.2 Å². The molecule has 13 heteroatoms. The van der Waals surface area contributed by atoms with Crippen molar-refractivity contribution >= 4 is 39.2 Å². The first-order valence-electron chi connectivity index (χ1n) is 12.0. The van der Waals surface area contributed by atoms with Crippen molar-refractivity contribution in [2.45, 2.75) is 54.5 Å². The van der Waals surface area contributed by atoms with Crippen molar-refractivity contribution in [3.63, 3.8) is 0 Å². The molecule has 0 bridgehead atoms. The molecular formula is C25H26ClF5N4O2S. The zero-order valence-electron chi connectivity index (χ0n) is 20.7. The van der Waals surface area contributed by atoms with E-state index in [1.807, 2.05) is 18.7 Å². The zero-order chi connectivity index (χ0) is 27.5. The molecule has 0 amide bonds. The number of methoxy groups -OCH3 is 1. The van der Waals surface area contributed by atoms with E-state index in [0.717, 1.165) is 18.2 Å². The second-order valence-corrected chi connectivity index (χ2v) is 12.4. The highest BCUT2D eigenvalue weighted by molar-refractivity contribution is 8.17. The fourth-order valence-corrected chi connectivity index (χ4v) is 8.28. The van der Waals surface area contributed by atoms with E-state index in [4.69, 9.17) is 16.3 Å². The normalized spacial score (nSPS) is 25.0. The maximum absolute atomic E-state index is 15.2. The van der Waals surface area contributed by atoms with Gasteiger partial charge in [0, 0.05) is 59.3 Å². The van der Waals surface area contributed by atoms with Crippen molar-refractivity contribution < 1.29 is 26.7 Å². The molecule has 1 unspecified atom stereocenters. The number of piperazine rings is 1. The maximum atomic E-state index is 15.2. The van der Waals surface area contributed by atoms with Crippen molar-refractivity contribution in [2.75, 3.05) is 30.9 Å². The first-order chi connectivity index (χ1) is 17.9. The number of hydrogen-bond acceptors (Lipinski definition) is 5. The topological polar surface area (TPSA) is 59.4 Å². The number of anilines is 1. The molecule has 5 rings (SSSR count). The first-order valence-corrected chi connectivity index (χ1v) is 13.9. The van der Waals surface area contributed by atoms with E-state index in [2.05, 4.69) is 10.3 Å². The molecule has 1 aromatic heterocycles. The average molecular weight is 577 g/mol. The summed E-state index contributed by atoms with van der Waals surface area (Å²) in [6, 6.07) is 3.72. The summed E-state index contributed by atoms with van der Waals surface area (Å²) in [5.41, 5.74) is -1.33. The molecular weight excluding hydrogens is 551 g/mol. The van der Waals surface area contributed by atoms with Gasteiger partial charge in [0.1, 0.15) is 17.5 Å². The fraction of sp³-hybridized carbons (Fsp3) is 0.440. The standard InChI is InChI=1S/C25H26ClF5N4O2S/c1-12-8-34(9-13(2)32-12)23-16-4-14(25(29,30)31)5-21-22(16)35(24(36)33-23)10-15(37-3)11-38(21)20-6-17(26)18(27)7-19(20)28/h4-7,12-13,15,32,38H,8-11H2,1-3H3/t12-,13+,15-/m0/s1. The second-order valence-electron chi connectivity index (χ2n) is 9.78. The molecule has 3 heterocycles. The van der Waals surface area contributed by atoms with Gasteiger partial charge in [0.25, 0.3) is 0 Å². The highest BCUT2D eigenvalue weighted by Gasteiger charge is 2.37. The van der Waals surface area contributed by atoms with E-state index in [1.165, 1.54) is 11.7 Å². The molecule has 2 aliphatic rings. The predicted molar refractivity (Wildman–Crippen MR) is 138 cm³/mol. The predicted octanol–water partition coefficient (Wildman–Crippen LogP) is 4.98. The van der Waals surface area contributed by atoms with Gasteiger partial charge in [-0.15, -0.1) is 0 Å². The molecule has 1 N–H and O–H groups in total. The van der Waals surface area contributed by atoms with Crippen molar-refractivity contribution in [1.82, 2.24) is 14.9 Å². The Morgan fingerprint density at radius 2 is 1.74 bits per heavy atom. The molecule has 1 saturated heterocycles. The highest BCUT2D eigenvalue weighted by Crippen LogP contribution is 2.53. The Bertz CT molecular complexity index is 1460. The summed E-state index contributed by atoms with van der Waals surface area (Å²) in [5.74, 6) is -1.65. The Morgan fingerprint density at radius 3 is 2.37 bits per heavy atom. The van der Waals surface area contributed by atoms with Crippen LogP contribution in [0.4, 0.5) is 27.8 Å². The second kappa shape index (κ2) is 9.96. The van der Waals surface area contributed by atoms with Crippen molar-refractivity contribution in [3.8, 4) is 0 Å². The maximum Gasteiger partial charge on any atom is 0.416 e. The van der Waals surface area contributed by atoms with Crippen LogP contribution in [0.1, 0.15) is 19.4 Å². The number of hydrogen-bond donors (Lipinski definition) is 2. The smallest absolute Gasteiger partial charge is 0.379 e. The van der Waals surface area contributed by atoms with E-state index in [-0.39, 0.29) is 55.9 Å². The summed E-state index contributed by atoms with van der Waals surface area (Å²) >= 11 is 5.98. The molecule has 38 heavy (non-hydrogen) atoms. The molecule has 2 aliphatic heterocycles. The largest absolute Gasteiger partial charge is 0.416 e. The van der Waals surface area contributed by atoms with Crippen LogP contribution in [-0.4, -0.2) is 53.7 Å². The van der Waals surface area contributed by atoms with Crippen LogP contribution in [0.2, 0.25) is 5.02 Å². The van der Waals surface area contributed by atoms with Gasteiger partial charge >= 0.3 is 11.9 Å². The fourth-order valence-electron chi connectivity index (χ4n) is 5.32. The Kier molecular flexibility index (Phi) is 7.12. The Labute approximate surface area is 223 Å². The number of thiol groups is 1. The summed E-state index contributed by atoms with van der Waals surface area (Å²) in [6.07, 6.45) is -5.36. The number of nitrogens with zero attached hydrogens (tertiary/aromatic N) is 3. The summed E-state index contributed by atoms with van der Waals surface area (Å²) < 4.78 is 78.7. The Morgan fingerprint density at radius 1 is 1.05 bits per heavy atom. The Balaban J connectivity index is 1.87. The van der Waals surface area contributed by atoms with Gasteiger partial charge in [-0.1, -0.05) is 11.6 Å². The zero-order valence-corrected chi connectivity index (χ0v) is 22.4. The van der Waals surface area contributed by atoms with Crippen molar-refractivity contribution in [1.29, 1.82) is 0 Å². The van der Waals surface area contributed by atoms with Gasteiger partial charge in [-0.2, -0.15) is 29.1 Å². The summed E-state index contributed by atoms with van der Waals surface area (Å²) in [6.45, 7) is 4.76. The molecule has 4 atom stereocenters. The van der Waals surface area contributed by atoms with Crippen LogP contribution in [0.25, 0.3) is 10.9 Å².